The Morgan fingerprint density at radius 1 is 1.38 bits per heavy atom. The Bertz CT molecular complexity index is 251. The van der Waals surface area contributed by atoms with Gasteiger partial charge in [-0.1, -0.05) is 5.92 Å². The number of carbonyl (C=O) groups excluding carboxylic acids is 2. The molecule has 0 aromatic rings. The van der Waals surface area contributed by atoms with Gasteiger partial charge in [0.1, 0.15) is 6.73 Å². The van der Waals surface area contributed by atoms with Crippen LogP contribution in [0.4, 0.5) is 0 Å². The third kappa shape index (κ3) is 2.05. The van der Waals surface area contributed by atoms with Gasteiger partial charge in [-0.25, -0.2) is 0 Å². The maximum absolute atomic E-state index is 11.2. The van der Waals surface area contributed by atoms with Crippen LogP contribution in [-0.4, -0.2) is 53.1 Å². The highest BCUT2D eigenvalue weighted by atomic mass is 16.3. The van der Waals surface area contributed by atoms with Crippen LogP contribution in [0.2, 0.25) is 0 Å². The van der Waals surface area contributed by atoms with Crippen molar-refractivity contribution >= 4 is 11.8 Å². The van der Waals surface area contributed by atoms with Gasteiger partial charge >= 0.3 is 0 Å². The molecule has 0 aromatic heterocycles. The van der Waals surface area contributed by atoms with Gasteiger partial charge in [0.05, 0.1) is 19.6 Å². The molecule has 13 heavy (non-hydrogen) atoms. The van der Waals surface area contributed by atoms with Crippen molar-refractivity contribution in [3.63, 3.8) is 0 Å². The topological polar surface area (TPSA) is 60.9 Å². The highest BCUT2D eigenvalue weighted by Crippen LogP contribution is 2.02. The van der Waals surface area contributed by atoms with Gasteiger partial charge in [0.2, 0.25) is 11.8 Å². The maximum Gasteiger partial charge on any atom is 0.245 e. The fourth-order valence-electron chi connectivity index (χ4n) is 1.15. The lowest BCUT2D eigenvalue weighted by Crippen LogP contribution is -2.54. The predicted octanol–water partition coefficient (Wildman–Crippen LogP) is -1.76. The second-order valence-corrected chi connectivity index (χ2v) is 2.71. The molecule has 0 aliphatic carbocycles. The number of aliphatic hydroxyl groups is 1. The Kier molecular flexibility index (Phi) is 3.01. The van der Waals surface area contributed by atoms with Crippen molar-refractivity contribution in [2.45, 2.75) is 0 Å². The molecule has 2 amide bonds. The minimum atomic E-state index is -0.554. The van der Waals surface area contributed by atoms with Crippen LogP contribution in [0, 0.1) is 12.3 Å². The molecule has 1 aliphatic heterocycles. The summed E-state index contributed by atoms with van der Waals surface area (Å²) < 4.78 is 0. The number of piperazine rings is 1. The second kappa shape index (κ2) is 4.03. The second-order valence-electron chi connectivity index (χ2n) is 2.71. The van der Waals surface area contributed by atoms with E-state index in [-0.39, 0.29) is 19.6 Å². The van der Waals surface area contributed by atoms with Gasteiger partial charge < -0.3 is 5.11 Å². The number of nitrogens with zero attached hydrogens (tertiary/aromatic N) is 2. The minimum absolute atomic E-state index is 0.0937. The lowest BCUT2D eigenvalue weighted by atomic mass is 10.3. The first-order chi connectivity index (χ1) is 6.19. The molecule has 0 bridgehead atoms. The Hall–Kier alpha value is -1.38. The third-order valence-corrected chi connectivity index (χ3v) is 1.78. The number of rotatable bonds is 2. The van der Waals surface area contributed by atoms with E-state index in [2.05, 4.69) is 5.92 Å². The zero-order valence-corrected chi connectivity index (χ0v) is 7.06. The normalized spacial score (nSPS) is 18.9. The number of amides is 2. The van der Waals surface area contributed by atoms with E-state index in [0.29, 0.717) is 0 Å². The van der Waals surface area contributed by atoms with Crippen LogP contribution >= 0.6 is 0 Å². The third-order valence-electron chi connectivity index (χ3n) is 1.78. The summed E-state index contributed by atoms with van der Waals surface area (Å²) in [5.41, 5.74) is 0. The Morgan fingerprint density at radius 3 is 2.31 bits per heavy atom. The lowest BCUT2D eigenvalue weighted by Gasteiger charge is -2.29. The largest absolute Gasteiger partial charge is 0.376 e. The van der Waals surface area contributed by atoms with Crippen molar-refractivity contribution in [1.29, 1.82) is 0 Å². The van der Waals surface area contributed by atoms with E-state index < -0.39 is 18.5 Å². The average Bonchev–Trinajstić information content (AvgIpc) is 2.04. The zero-order valence-electron chi connectivity index (χ0n) is 7.06. The van der Waals surface area contributed by atoms with E-state index in [1.807, 2.05) is 0 Å². The van der Waals surface area contributed by atoms with E-state index in [1.54, 1.807) is 4.90 Å². The van der Waals surface area contributed by atoms with Crippen LogP contribution in [0.25, 0.3) is 0 Å². The fourth-order valence-corrected chi connectivity index (χ4v) is 1.15. The van der Waals surface area contributed by atoms with Crippen LogP contribution in [-0.2, 0) is 9.59 Å². The SMILES string of the molecule is C#CCN1CC(=O)N(CO)C(=O)C1. The standard InChI is InChI=1S/C8H10N2O3/c1-2-3-9-4-7(12)10(6-11)8(13)5-9/h1,11H,3-6H2. The molecule has 5 nitrogen and oxygen atoms in total. The number of aliphatic hydroxyl groups excluding tert-OH is 1. The molecular weight excluding hydrogens is 172 g/mol. The fraction of sp³-hybridized carbons (Fsp3) is 0.500. The molecule has 1 fully saturated rings. The summed E-state index contributed by atoms with van der Waals surface area (Å²) in [5.74, 6) is 1.54. The van der Waals surface area contributed by atoms with E-state index in [4.69, 9.17) is 11.5 Å². The first kappa shape index (κ1) is 9.71. The highest BCUT2D eigenvalue weighted by molar-refractivity contribution is 5.99. The molecule has 0 spiro atoms. The van der Waals surface area contributed by atoms with E-state index in [0.717, 1.165) is 4.90 Å². The predicted molar refractivity (Wildman–Crippen MR) is 44.2 cm³/mol. The number of terminal acetylenes is 1. The van der Waals surface area contributed by atoms with Crippen molar-refractivity contribution < 1.29 is 14.7 Å². The molecule has 0 saturated carbocycles. The van der Waals surface area contributed by atoms with Crippen molar-refractivity contribution in [2.75, 3.05) is 26.4 Å². The first-order valence-electron chi connectivity index (χ1n) is 3.79. The number of carbonyl (C=O) groups is 2. The van der Waals surface area contributed by atoms with Gasteiger partial charge in [0, 0.05) is 0 Å². The van der Waals surface area contributed by atoms with Gasteiger partial charge in [0.25, 0.3) is 0 Å². The van der Waals surface area contributed by atoms with Crippen LogP contribution in [0.3, 0.4) is 0 Å². The molecule has 0 radical (unpaired) electrons. The summed E-state index contributed by atoms with van der Waals surface area (Å²) in [7, 11) is 0. The number of imide groups is 1. The number of hydrogen-bond donors (Lipinski definition) is 1. The molecule has 70 valence electrons. The molecular formula is C8H10N2O3. The molecule has 1 rings (SSSR count). The molecule has 1 N–H and O–H groups in total. The summed E-state index contributed by atoms with van der Waals surface area (Å²) >= 11 is 0. The summed E-state index contributed by atoms with van der Waals surface area (Å²) in [5, 5.41) is 8.67. The zero-order chi connectivity index (χ0) is 9.84. The molecule has 1 saturated heterocycles. The van der Waals surface area contributed by atoms with E-state index in [1.165, 1.54) is 0 Å². The highest BCUT2D eigenvalue weighted by Gasteiger charge is 2.29. The van der Waals surface area contributed by atoms with Gasteiger partial charge in [-0.05, 0) is 0 Å². The van der Waals surface area contributed by atoms with Crippen molar-refractivity contribution in [2.24, 2.45) is 0 Å². The van der Waals surface area contributed by atoms with Crippen LogP contribution in [0.5, 0.6) is 0 Å². The monoisotopic (exact) mass is 182 g/mol. The van der Waals surface area contributed by atoms with Crippen LogP contribution < -0.4 is 0 Å². The van der Waals surface area contributed by atoms with Crippen molar-refractivity contribution in [1.82, 2.24) is 9.80 Å². The summed E-state index contributed by atoms with van der Waals surface area (Å²) in [6.07, 6.45) is 5.04. The molecule has 1 heterocycles. The van der Waals surface area contributed by atoms with Crippen molar-refractivity contribution in [3.8, 4) is 12.3 Å². The summed E-state index contributed by atoms with van der Waals surface area (Å²) in [6.45, 7) is -0.0920. The van der Waals surface area contributed by atoms with Crippen molar-refractivity contribution in [3.05, 3.63) is 0 Å². The van der Waals surface area contributed by atoms with E-state index in [9.17, 15) is 9.59 Å². The average molecular weight is 182 g/mol. The van der Waals surface area contributed by atoms with Gasteiger partial charge in [-0.15, -0.1) is 6.42 Å². The molecule has 0 unspecified atom stereocenters. The van der Waals surface area contributed by atoms with E-state index >= 15 is 0 Å². The Labute approximate surface area is 75.9 Å². The van der Waals surface area contributed by atoms with Gasteiger partial charge in [-0.3, -0.25) is 19.4 Å². The van der Waals surface area contributed by atoms with Crippen LogP contribution in [0.15, 0.2) is 0 Å². The molecule has 0 aromatic carbocycles. The lowest BCUT2D eigenvalue weighted by molar-refractivity contribution is -0.155. The number of hydrogen-bond acceptors (Lipinski definition) is 4. The Balaban J connectivity index is 2.63. The Morgan fingerprint density at radius 2 is 1.92 bits per heavy atom. The molecule has 5 heteroatoms. The summed E-state index contributed by atoms with van der Waals surface area (Å²) in [4.78, 5) is 24.7. The molecule has 0 atom stereocenters. The van der Waals surface area contributed by atoms with Crippen LogP contribution in [0.1, 0.15) is 0 Å². The molecule has 1 aliphatic rings. The summed E-state index contributed by atoms with van der Waals surface area (Å²) in [6, 6.07) is 0. The minimum Gasteiger partial charge on any atom is -0.376 e. The van der Waals surface area contributed by atoms with Gasteiger partial charge in [-0.2, -0.15) is 0 Å². The van der Waals surface area contributed by atoms with Gasteiger partial charge in [0.15, 0.2) is 0 Å². The smallest absolute Gasteiger partial charge is 0.245 e. The quantitative estimate of drug-likeness (QED) is 0.406. The first-order valence-corrected chi connectivity index (χ1v) is 3.79. The maximum atomic E-state index is 11.2.